The highest BCUT2D eigenvalue weighted by atomic mass is 16.5. The van der Waals surface area contributed by atoms with E-state index in [-0.39, 0.29) is 5.97 Å². The summed E-state index contributed by atoms with van der Waals surface area (Å²) in [6.45, 7) is 7.47. The lowest BCUT2D eigenvalue weighted by Gasteiger charge is -2.06. The van der Waals surface area contributed by atoms with Gasteiger partial charge in [-0.05, 0) is 44.4 Å². The molecular weight excluding hydrogens is 368 g/mol. The average molecular weight is 423 g/mol. The van der Waals surface area contributed by atoms with Crippen LogP contribution in [-0.4, -0.2) is 12.6 Å². The zero-order valence-corrected chi connectivity index (χ0v) is 20.9. The first kappa shape index (κ1) is 29.2. The van der Waals surface area contributed by atoms with Gasteiger partial charge in [-0.15, -0.1) is 0 Å². The Kier molecular flexibility index (Phi) is 23.8. The third-order valence-corrected chi connectivity index (χ3v) is 5.83. The minimum absolute atomic E-state index is 0.00893. The Morgan fingerprint density at radius 3 is 1.77 bits per heavy atom. The fourth-order valence-corrected chi connectivity index (χ4v) is 3.78. The second-order valence-electron chi connectivity index (χ2n) is 9.51. The summed E-state index contributed by atoms with van der Waals surface area (Å²) in [5, 5.41) is 0. The van der Waals surface area contributed by atoms with Gasteiger partial charge < -0.3 is 4.74 Å². The first-order valence-corrected chi connectivity index (χ1v) is 13.5. The van der Waals surface area contributed by atoms with Crippen molar-refractivity contribution in [3.05, 3.63) is 12.2 Å². The van der Waals surface area contributed by atoms with E-state index in [0.717, 1.165) is 18.8 Å². The highest BCUT2D eigenvalue weighted by Crippen LogP contribution is 2.12. The van der Waals surface area contributed by atoms with Crippen LogP contribution in [0.15, 0.2) is 12.2 Å². The molecule has 0 unspecified atom stereocenters. The molecule has 0 amide bonds. The van der Waals surface area contributed by atoms with Crippen LogP contribution in [0.1, 0.15) is 149 Å². The van der Waals surface area contributed by atoms with Crippen molar-refractivity contribution >= 4 is 5.97 Å². The van der Waals surface area contributed by atoms with Gasteiger partial charge in [-0.1, -0.05) is 116 Å². The molecule has 0 radical (unpaired) electrons. The highest BCUT2D eigenvalue weighted by Gasteiger charge is 2.02. The lowest BCUT2D eigenvalue weighted by atomic mass is 10.0. The predicted molar refractivity (Wildman–Crippen MR) is 133 cm³/mol. The van der Waals surface area contributed by atoms with Crippen LogP contribution in [0.3, 0.4) is 0 Å². The van der Waals surface area contributed by atoms with Gasteiger partial charge >= 0.3 is 5.97 Å². The molecule has 178 valence electrons. The van der Waals surface area contributed by atoms with Gasteiger partial charge in [0.25, 0.3) is 0 Å². The van der Waals surface area contributed by atoms with Gasteiger partial charge in [-0.3, -0.25) is 4.79 Å². The molecule has 0 rings (SSSR count). The molecule has 2 nitrogen and oxygen atoms in total. The van der Waals surface area contributed by atoms with Crippen molar-refractivity contribution in [2.45, 2.75) is 149 Å². The van der Waals surface area contributed by atoms with Crippen molar-refractivity contribution in [1.82, 2.24) is 0 Å². The van der Waals surface area contributed by atoms with Gasteiger partial charge in [-0.2, -0.15) is 0 Å². The molecule has 0 spiro atoms. The Morgan fingerprint density at radius 2 is 1.17 bits per heavy atom. The van der Waals surface area contributed by atoms with Gasteiger partial charge in [0.2, 0.25) is 0 Å². The number of unbranched alkanes of at least 4 members (excludes halogenated alkanes) is 15. The van der Waals surface area contributed by atoms with E-state index in [1.807, 2.05) is 0 Å². The second-order valence-corrected chi connectivity index (χ2v) is 9.51. The zero-order valence-electron chi connectivity index (χ0n) is 20.9. The third-order valence-electron chi connectivity index (χ3n) is 5.83. The Hall–Kier alpha value is -0.790. The zero-order chi connectivity index (χ0) is 22.1. The van der Waals surface area contributed by atoms with Crippen molar-refractivity contribution < 1.29 is 9.53 Å². The number of hydrogen-bond acceptors (Lipinski definition) is 2. The van der Waals surface area contributed by atoms with E-state index in [2.05, 4.69) is 32.9 Å². The van der Waals surface area contributed by atoms with Crippen LogP contribution in [-0.2, 0) is 9.53 Å². The monoisotopic (exact) mass is 422 g/mol. The minimum Gasteiger partial charge on any atom is -0.466 e. The predicted octanol–water partition coefficient (Wildman–Crippen LogP) is 9.56. The van der Waals surface area contributed by atoms with E-state index in [1.165, 1.54) is 109 Å². The third kappa shape index (κ3) is 25.2. The molecule has 0 heterocycles. The molecule has 0 aliphatic carbocycles. The first-order chi connectivity index (χ1) is 14.7. The maximum Gasteiger partial charge on any atom is 0.305 e. The van der Waals surface area contributed by atoms with Crippen molar-refractivity contribution in [1.29, 1.82) is 0 Å². The fraction of sp³-hybridized carbons (Fsp3) is 0.893. The Bertz CT molecular complexity index is 373. The molecular formula is C28H54O2. The number of ether oxygens (including phenoxy) is 1. The quantitative estimate of drug-likeness (QED) is 0.0930. The number of esters is 1. The normalized spacial score (nSPS) is 11.6. The molecule has 0 fully saturated rings. The van der Waals surface area contributed by atoms with E-state index in [0.29, 0.717) is 13.0 Å². The number of hydrogen-bond donors (Lipinski definition) is 0. The molecule has 30 heavy (non-hydrogen) atoms. The Labute approximate surface area is 189 Å². The molecule has 0 aliphatic rings. The summed E-state index contributed by atoms with van der Waals surface area (Å²) in [7, 11) is 0. The molecule has 0 aromatic rings. The smallest absolute Gasteiger partial charge is 0.305 e. The molecule has 0 N–H and O–H groups in total. The van der Waals surface area contributed by atoms with Crippen LogP contribution in [0.5, 0.6) is 0 Å². The van der Waals surface area contributed by atoms with Crippen molar-refractivity contribution in [2.24, 2.45) is 5.92 Å². The molecule has 0 saturated carbocycles. The number of rotatable bonds is 23. The Morgan fingerprint density at radius 1 is 0.667 bits per heavy atom. The van der Waals surface area contributed by atoms with E-state index in [4.69, 9.17) is 4.74 Å². The summed E-state index contributed by atoms with van der Waals surface area (Å²) in [6, 6.07) is 0. The number of allylic oxidation sites excluding steroid dienone is 2. The van der Waals surface area contributed by atoms with Gasteiger partial charge in [0.05, 0.1) is 6.61 Å². The van der Waals surface area contributed by atoms with E-state index < -0.39 is 0 Å². The molecule has 0 aromatic carbocycles. The number of carbonyl (C=O) groups excluding carboxylic acids is 1. The maximum absolute atomic E-state index is 11.8. The van der Waals surface area contributed by atoms with Crippen molar-refractivity contribution in [2.75, 3.05) is 6.61 Å². The van der Waals surface area contributed by atoms with E-state index >= 15 is 0 Å². The topological polar surface area (TPSA) is 26.3 Å². The van der Waals surface area contributed by atoms with Crippen LogP contribution in [0.25, 0.3) is 0 Å². The molecule has 0 aromatic heterocycles. The Balaban J connectivity index is 3.21. The van der Waals surface area contributed by atoms with Gasteiger partial charge in [-0.25, -0.2) is 0 Å². The second kappa shape index (κ2) is 24.5. The number of carbonyl (C=O) groups is 1. The van der Waals surface area contributed by atoms with Crippen LogP contribution in [0, 0.1) is 5.92 Å². The average Bonchev–Trinajstić information content (AvgIpc) is 2.72. The lowest BCUT2D eigenvalue weighted by molar-refractivity contribution is -0.143. The summed E-state index contributed by atoms with van der Waals surface area (Å²) in [4.78, 5) is 11.8. The molecule has 0 aliphatic heterocycles. The standard InChI is InChI=1S/C28H54O2/c1-4-5-6-7-8-9-10-11-12-13-14-15-16-19-22-25-28(29)30-26-23-20-17-18-21-24-27(2)3/h10-11,27H,4-9,12-26H2,1-3H3. The fourth-order valence-electron chi connectivity index (χ4n) is 3.78. The van der Waals surface area contributed by atoms with Crippen LogP contribution in [0.2, 0.25) is 0 Å². The van der Waals surface area contributed by atoms with Crippen LogP contribution < -0.4 is 0 Å². The summed E-state index contributed by atoms with van der Waals surface area (Å²) < 4.78 is 5.36. The first-order valence-electron chi connectivity index (χ1n) is 13.5. The van der Waals surface area contributed by atoms with E-state index in [9.17, 15) is 4.79 Å². The van der Waals surface area contributed by atoms with Crippen LogP contribution >= 0.6 is 0 Å². The molecule has 0 atom stereocenters. The summed E-state index contributed by atoms with van der Waals surface area (Å²) in [6.07, 6.45) is 29.6. The van der Waals surface area contributed by atoms with Crippen molar-refractivity contribution in [3.63, 3.8) is 0 Å². The molecule has 0 saturated heterocycles. The SMILES string of the molecule is CCCCCCCC=CCCCCCCCCC(=O)OCCCCCCCC(C)C. The summed E-state index contributed by atoms with van der Waals surface area (Å²) in [5.74, 6) is 0.831. The van der Waals surface area contributed by atoms with Gasteiger partial charge in [0, 0.05) is 6.42 Å². The van der Waals surface area contributed by atoms with E-state index in [1.54, 1.807) is 0 Å². The van der Waals surface area contributed by atoms with Crippen molar-refractivity contribution in [3.8, 4) is 0 Å². The largest absolute Gasteiger partial charge is 0.466 e. The van der Waals surface area contributed by atoms with Crippen LogP contribution in [0.4, 0.5) is 0 Å². The lowest BCUT2D eigenvalue weighted by Crippen LogP contribution is -2.05. The summed E-state index contributed by atoms with van der Waals surface area (Å²) in [5.41, 5.74) is 0. The summed E-state index contributed by atoms with van der Waals surface area (Å²) >= 11 is 0. The van der Waals surface area contributed by atoms with Gasteiger partial charge in [0.1, 0.15) is 0 Å². The maximum atomic E-state index is 11.8. The molecule has 2 heteroatoms. The van der Waals surface area contributed by atoms with Gasteiger partial charge in [0.15, 0.2) is 0 Å². The highest BCUT2D eigenvalue weighted by molar-refractivity contribution is 5.69. The minimum atomic E-state index is 0.00893. The molecule has 0 bridgehead atoms.